The quantitative estimate of drug-likeness (QED) is 0.679. The van der Waals surface area contributed by atoms with E-state index in [2.05, 4.69) is 15.4 Å². The zero-order valence-corrected chi connectivity index (χ0v) is 16.5. The predicted octanol–water partition coefficient (Wildman–Crippen LogP) is 3.13. The summed E-state index contributed by atoms with van der Waals surface area (Å²) in [5.41, 5.74) is 1.86. The maximum Gasteiger partial charge on any atom is 0.326 e. The van der Waals surface area contributed by atoms with Crippen LogP contribution in [0.1, 0.15) is 23.0 Å². The van der Waals surface area contributed by atoms with Gasteiger partial charge >= 0.3 is 6.03 Å². The van der Waals surface area contributed by atoms with Crippen molar-refractivity contribution >= 4 is 23.4 Å². The lowest BCUT2D eigenvalue weighted by Crippen LogP contribution is -2.32. The molecule has 1 fully saturated rings. The van der Waals surface area contributed by atoms with Crippen LogP contribution in [0.25, 0.3) is 0 Å². The summed E-state index contributed by atoms with van der Waals surface area (Å²) >= 11 is 0. The van der Waals surface area contributed by atoms with Crippen LogP contribution >= 0.6 is 0 Å². The van der Waals surface area contributed by atoms with E-state index in [4.69, 9.17) is 0 Å². The molecule has 0 unspecified atom stereocenters. The van der Waals surface area contributed by atoms with E-state index >= 15 is 0 Å². The van der Waals surface area contributed by atoms with Gasteiger partial charge in [-0.3, -0.25) is 14.4 Å². The molecule has 0 aliphatic carbocycles. The Hall–Kier alpha value is -3.75. The molecule has 3 aromatic rings. The van der Waals surface area contributed by atoms with Crippen LogP contribution in [0.4, 0.5) is 20.7 Å². The SMILES string of the molecule is CCn1nccc1C(=O)Nc1ccc(N2CCN(Cc3ccc(F)cc3)C2=O)nc1. The first-order valence-electron chi connectivity index (χ1n) is 9.65. The molecular formula is C21H21FN6O2. The molecule has 0 bridgehead atoms. The fourth-order valence-corrected chi connectivity index (χ4v) is 3.34. The Balaban J connectivity index is 1.39. The summed E-state index contributed by atoms with van der Waals surface area (Å²) in [6.45, 7) is 3.98. The molecule has 1 aliphatic rings. The molecule has 0 saturated carbocycles. The molecule has 3 heterocycles. The van der Waals surface area contributed by atoms with Crippen LogP contribution in [0.3, 0.4) is 0 Å². The smallest absolute Gasteiger partial charge is 0.319 e. The van der Waals surface area contributed by atoms with Gasteiger partial charge in [0.15, 0.2) is 0 Å². The van der Waals surface area contributed by atoms with Crippen molar-refractivity contribution in [3.63, 3.8) is 0 Å². The van der Waals surface area contributed by atoms with Gasteiger partial charge in [0.25, 0.3) is 5.91 Å². The molecule has 30 heavy (non-hydrogen) atoms. The van der Waals surface area contributed by atoms with Crippen molar-refractivity contribution in [2.24, 2.45) is 0 Å². The zero-order valence-electron chi connectivity index (χ0n) is 16.5. The van der Waals surface area contributed by atoms with Gasteiger partial charge in [0, 0.05) is 32.4 Å². The molecule has 1 aliphatic heterocycles. The number of benzene rings is 1. The van der Waals surface area contributed by atoms with E-state index in [1.54, 1.807) is 51.0 Å². The van der Waals surface area contributed by atoms with E-state index in [0.29, 0.717) is 43.4 Å². The molecule has 3 amide bonds. The molecule has 1 aromatic carbocycles. The van der Waals surface area contributed by atoms with Gasteiger partial charge in [-0.1, -0.05) is 12.1 Å². The normalized spacial score (nSPS) is 13.7. The van der Waals surface area contributed by atoms with Crippen molar-refractivity contribution in [1.82, 2.24) is 19.7 Å². The molecule has 0 spiro atoms. The fraction of sp³-hybridized carbons (Fsp3) is 0.238. The second kappa shape index (κ2) is 8.32. The van der Waals surface area contributed by atoms with Crippen molar-refractivity contribution in [1.29, 1.82) is 0 Å². The summed E-state index contributed by atoms with van der Waals surface area (Å²) in [5, 5.41) is 6.87. The Morgan fingerprint density at radius 3 is 2.63 bits per heavy atom. The van der Waals surface area contributed by atoms with Gasteiger partial charge in [-0.2, -0.15) is 5.10 Å². The minimum atomic E-state index is -0.302. The fourth-order valence-electron chi connectivity index (χ4n) is 3.34. The molecular weight excluding hydrogens is 387 g/mol. The minimum absolute atomic E-state index is 0.157. The first kappa shape index (κ1) is 19.6. The number of hydrogen-bond acceptors (Lipinski definition) is 4. The molecule has 1 N–H and O–H groups in total. The summed E-state index contributed by atoms with van der Waals surface area (Å²) in [6, 6.07) is 11.0. The number of halogens is 1. The summed E-state index contributed by atoms with van der Waals surface area (Å²) in [4.78, 5) is 32.7. The zero-order chi connectivity index (χ0) is 21.1. The topological polar surface area (TPSA) is 83.4 Å². The lowest BCUT2D eigenvalue weighted by Gasteiger charge is -2.18. The second-order valence-electron chi connectivity index (χ2n) is 6.87. The maximum absolute atomic E-state index is 13.1. The lowest BCUT2D eigenvalue weighted by atomic mass is 10.2. The summed E-state index contributed by atoms with van der Waals surface area (Å²) in [5.74, 6) is -0.0616. The number of carbonyl (C=O) groups excluding carboxylic acids is 2. The Morgan fingerprint density at radius 2 is 1.93 bits per heavy atom. The highest BCUT2D eigenvalue weighted by Gasteiger charge is 2.30. The van der Waals surface area contributed by atoms with Crippen LogP contribution in [-0.2, 0) is 13.1 Å². The Kier molecular flexibility index (Phi) is 5.42. The Labute approximate surface area is 172 Å². The predicted molar refractivity (Wildman–Crippen MR) is 110 cm³/mol. The van der Waals surface area contributed by atoms with Crippen LogP contribution in [0.2, 0.25) is 0 Å². The highest BCUT2D eigenvalue weighted by atomic mass is 19.1. The van der Waals surface area contributed by atoms with Crippen LogP contribution in [0.15, 0.2) is 54.9 Å². The number of rotatable bonds is 6. The monoisotopic (exact) mass is 408 g/mol. The number of nitrogens with one attached hydrogen (secondary N) is 1. The first-order valence-corrected chi connectivity index (χ1v) is 9.65. The minimum Gasteiger partial charge on any atom is -0.319 e. The van der Waals surface area contributed by atoms with E-state index in [9.17, 15) is 14.0 Å². The third kappa shape index (κ3) is 4.00. The summed E-state index contributed by atoms with van der Waals surface area (Å²) in [7, 11) is 0. The van der Waals surface area contributed by atoms with Crippen molar-refractivity contribution in [2.45, 2.75) is 20.0 Å². The highest BCUT2D eigenvalue weighted by Crippen LogP contribution is 2.21. The number of urea groups is 1. The van der Waals surface area contributed by atoms with E-state index < -0.39 is 0 Å². The maximum atomic E-state index is 13.1. The van der Waals surface area contributed by atoms with Crippen LogP contribution in [-0.4, -0.2) is 44.7 Å². The number of aryl methyl sites for hydroxylation is 1. The van der Waals surface area contributed by atoms with E-state index in [1.165, 1.54) is 18.3 Å². The molecule has 4 rings (SSSR count). The average molecular weight is 408 g/mol. The molecule has 0 radical (unpaired) electrons. The standard InChI is InChI=1S/C21H21FN6O2/c1-2-28-18(9-10-24-28)20(29)25-17-7-8-19(23-13-17)27-12-11-26(21(27)30)14-15-3-5-16(22)6-4-15/h3-10,13H,2,11-12,14H2,1H3,(H,25,29). The molecule has 9 heteroatoms. The molecule has 154 valence electrons. The van der Waals surface area contributed by atoms with Gasteiger partial charge in [0.2, 0.25) is 0 Å². The van der Waals surface area contributed by atoms with Gasteiger partial charge in [-0.15, -0.1) is 0 Å². The van der Waals surface area contributed by atoms with E-state index in [1.807, 2.05) is 6.92 Å². The summed E-state index contributed by atoms with van der Waals surface area (Å²) < 4.78 is 14.7. The largest absolute Gasteiger partial charge is 0.326 e. The van der Waals surface area contributed by atoms with Gasteiger partial charge in [0.1, 0.15) is 17.3 Å². The number of anilines is 2. The van der Waals surface area contributed by atoms with E-state index in [0.717, 1.165) is 5.56 Å². The van der Waals surface area contributed by atoms with Gasteiger partial charge in [0.05, 0.1) is 11.9 Å². The highest BCUT2D eigenvalue weighted by molar-refractivity contribution is 6.03. The Morgan fingerprint density at radius 1 is 1.13 bits per heavy atom. The van der Waals surface area contributed by atoms with Crippen molar-refractivity contribution in [2.75, 3.05) is 23.3 Å². The lowest BCUT2D eigenvalue weighted by molar-refractivity contribution is 0.101. The van der Waals surface area contributed by atoms with Crippen LogP contribution < -0.4 is 10.2 Å². The van der Waals surface area contributed by atoms with Gasteiger partial charge < -0.3 is 10.2 Å². The average Bonchev–Trinajstić information content (AvgIpc) is 3.37. The number of pyridine rings is 1. The number of nitrogens with zero attached hydrogens (tertiary/aromatic N) is 5. The summed E-state index contributed by atoms with van der Waals surface area (Å²) in [6.07, 6.45) is 3.10. The molecule has 0 atom stereocenters. The number of carbonyl (C=O) groups is 2. The van der Waals surface area contributed by atoms with E-state index in [-0.39, 0.29) is 17.8 Å². The number of amides is 3. The molecule has 2 aromatic heterocycles. The first-order chi connectivity index (χ1) is 14.5. The second-order valence-corrected chi connectivity index (χ2v) is 6.87. The molecule has 1 saturated heterocycles. The number of hydrogen-bond donors (Lipinski definition) is 1. The van der Waals surface area contributed by atoms with Crippen molar-refractivity contribution in [3.05, 3.63) is 71.9 Å². The Bertz CT molecular complexity index is 1050. The van der Waals surface area contributed by atoms with Crippen molar-refractivity contribution < 1.29 is 14.0 Å². The van der Waals surface area contributed by atoms with Crippen LogP contribution in [0.5, 0.6) is 0 Å². The number of aromatic nitrogens is 3. The molecule has 8 nitrogen and oxygen atoms in total. The third-order valence-electron chi connectivity index (χ3n) is 4.91. The third-order valence-corrected chi connectivity index (χ3v) is 4.91. The van der Waals surface area contributed by atoms with Gasteiger partial charge in [-0.05, 0) is 42.8 Å². The van der Waals surface area contributed by atoms with Crippen molar-refractivity contribution in [3.8, 4) is 0 Å². The van der Waals surface area contributed by atoms with Gasteiger partial charge in [-0.25, -0.2) is 14.2 Å². The van der Waals surface area contributed by atoms with Crippen LogP contribution in [0, 0.1) is 5.82 Å².